The topological polar surface area (TPSA) is 112 Å². The molecule has 9 nitrogen and oxygen atoms in total. The van der Waals surface area contributed by atoms with Gasteiger partial charge in [0.2, 0.25) is 0 Å². The summed E-state index contributed by atoms with van der Waals surface area (Å²) in [6, 6.07) is 12.6. The number of fused-ring (bicyclic) bond motifs is 1. The van der Waals surface area contributed by atoms with E-state index in [2.05, 4.69) is 34.9 Å². The van der Waals surface area contributed by atoms with Gasteiger partial charge in [0, 0.05) is 15.6 Å². The number of carboxylic acids is 1. The van der Waals surface area contributed by atoms with E-state index in [1.807, 2.05) is 32.0 Å². The minimum absolute atomic E-state index is 0.0644. The molecule has 220 valence electrons. The monoisotopic (exact) mass is 655 g/mol. The number of halogens is 2. The quantitative estimate of drug-likeness (QED) is 0.182. The van der Waals surface area contributed by atoms with E-state index in [9.17, 15) is 14.7 Å². The molecule has 0 saturated carbocycles. The molecule has 4 aromatic rings. The Balaban J connectivity index is 1.93. The number of carboxylic acid groups (broad SMARTS) is 1. The first-order chi connectivity index (χ1) is 20.0. The van der Waals surface area contributed by atoms with Gasteiger partial charge in [-0.15, -0.1) is 0 Å². The van der Waals surface area contributed by atoms with Crippen molar-refractivity contribution in [3.05, 3.63) is 79.0 Å². The summed E-state index contributed by atoms with van der Waals surface area (Å²) < 4.78 is 18.5. The Morgan fingerprint density at radius 3 is 2.55 bits per heavy atom. The van der Waals surface area contributed by atoms with Crippen LogP contribution < -0.4 is 19.8 Å². The molecule has 0 unspecified atom stereocenters. The lowest BCUT2D eigenvalue weighted by Crippen LogP contribution is -2.23. The van der Waals surface area contributed by atoms with Gasteiger partial charge in [0.1, 0.15) is 10.8 Å². The number of carbonyl (C=O) groups is 1. The molecular weight excluding hydrogens is 626 g/mol. The maximum Gasteiger partial charge on any atom is 0.344 e. The Kier molecular flexibility index (Phi) is 9.58. The standard InChI is InChI=1S/C31H31BrClN3O6/c1-7-41-24-12-17(4)22(14-21(24)16(2)3)29-35-23-11-9-8-10-20(23)30(37)36(29)34-15-19-13-25(40-6)28(27(33)26(19)32)42-18(5)31(38)39/h8-16,18H,7H2,1-6H3,(H,38,39)/t18-/m1/s1. The predicted molar refractivity (Wildman–Crippen MR) is 168 cm³/mol. The largest absolute Gasteiger partial charge is 0.494 e. The molecule has 1 heterocycles. The van der Waals surface area contributed by atoms with Crippen molar-refractivity contribution in [1.82, 2.24) is 9.66 Å². The summed E-state index contributed by atoms with van der Waals surface area (Å²) in [6.45, 7) is 9.95. The second kappa shape index (κ2) is 13.0. The summed E-state index contributed by atoms with van der Waals surface area (Å²) in [5, 5.41) is 14.4. The molecule has 1 aromatic heterocycles. The van der Waals surface area contributed by atoms with Gasteiger partial charge in [0.25, 0.3) is 5.56 Å². The number of methoxy groups -OCH3 is 1. The number of aromatic nitrogens is 2. The van der Waals surface area contributed by atoms with Crippen LogP contribution in [-0.4, -0.2) is 46.8 Å². The van der Waals surface area contributed by atoms with Crippen LogP contribution in [0.1, 0.15) is 50.3 Å². The summed E-state index contributed by atoms with van der Waals surface area (Å²) in [5.41, 5.74) is 3.25. The second-order valence-electron chi connectivity index (χ2n) is 9.83. The molecule has 0 bridgehead atoms. The van der Waals surface area contributed by atoms with Crippen molar-refractivity contribution in [3.8, 4) is 28.6 Å². The highest BCUT2D eigenvalue weighted by molar-refractivity contribution is 9.10. The zero-order chi connectivity index (χ0) is 30.7. The minimum Gasteiger partial charge on any atom is -0.494 e. The lowest BCUT2D eigenvalue weighted by molar-refractivity contribution is -0.144. The molecule has 0 aliphatic rings. The van der Waals surface area contributed by atoms with Crippen LogP contribution in [0.2, 0.25) is 5.02 Å². The molecule has 42 heavy (non-hydrogen) atoms. The maximum atomic E-state index is 13.8. The molecule has 0 fully saturated rings. The number of ether oxygens (including phenoxy) is 3. The Bertz CT molecular complexity index is 1750. The second-order valence-corrected chi connectivity index (χ2v) is 11.0. The Hall–Kier alpha value is -3.89. The van der Waals surface area contributed by atoms with E-state index in [1.54, 1.807) is 24.3 Å². The summed E-state index contributed by atoms with van der Waals surface area (Å²) in [6.07, 6.45) is 0.290. The van der Waals surface area contributed by atoms with Crippen LogP contribution in [0.4, 0.5) is 0 Å². The van der Waals surface area contributed by atoms with Crippen molar-refractivity contribution in [2.75, 3.05) is 13.7 Å². The van der Waals surface area contributed by atoms with Gasteiger partial charge in [-0.1, -0.05) is 37.6 Å². The van der Waals surface area contributed by atoms with Crippen LogP contribution in [0.15, 0.2) is 56.8 Å². The molecule has 0 radical (unpaired) electrons. The third-order valence-electron chi connectivity index (χ3n) is 6.60. The molecule has 3 aromatic carbocycles. The van der Waals surface area contributed by atoms with Crippen LogP contribution in [0, 0.1) is 6.92 Å². The highest BCUT2D eigenvalue weighted by Crippen LogP contribution is 2.42. The number of para-hydroxylation sites is 1. The summed E-state index contributed by atoms with van der Waals surface area (Å²) >= 11 is 10.0. The average molecular weight is 657 g/mol. The number of rotatable bonds is 10. The smallest absolute Gasteiger partial charge is 0.344 e. The fourth-order valence-corrected chi connectivity index (χ4v) is 5.03. The molecule has 0 aliphatic heterocycles. The van der Waals surface area contributed by atoms with E-state index in [-0.39, 0.29) is 28.0 Å². The first-order valence-electron chi connectivity index (χ1n) is 13.3. The zero-order valence-corrected chi connectivity index (χ0v) is 26.4. The predicted octanol–water partition coefficient (Wildman–Crippen LogP) is 7.05. The van der Waals surface area contributed by atoms with Gasteiger partial charge in [0.05, 0.1) is 30.8 Å². The third kappa shape index (κ3) is 6.15. The summed E-state index contributed by atoms with van der Waals surface area (Å²) in [4.78, 5) is 30.0. The fourth-order valence-electron chi connectivity index (χ4n) is 4.38. The zero-order valence-electron chi connectivity index (χ0n) is 24.1. The first kappa shape index (κ1) is 31.1. The lowest BCUT2D eigenvalue weighted by atomic mass is 9.96. The van der Waals surface area contributed by atoms with Crippen LogP contribution in [0.25, 0.3) is 22.3 Å². The van der Waals surface area contributed by atoms with Gasteiger partial charge < -0.3 is 19.3 Å². The van der Waals surface area contributed by atoms with E-state index in [4.69, 9.17) is 30.8 Å². The lowest BCUT2D eigenvalue weighted by Gasteiger charge is -2.18. The van der Waals surface area contributed by atoms with Crippen molar-refractivity contribution in [3.63, 3.8) is 0 Å². The molecule has 0 saturated heterocycles. The third-order valence-corrected chi connectivity index (χ3v) is 8.05. The van der Waals surface area contributed by atoms with E-state index in [0.29, 0.717) is 33.4 Å². The number of benzene rings is 3. The van der Waals surface area contributed by atoms with Gasteiger partial charge in [-0.25, -0.2) is 9.78 Å². The van der Waals surface area contributed by atoms with Gasteiger partial charge in [-0.3, -0.25) is 4.79 Å². The van der Waals surface area contributed by atoms with E-state index in [1.165, 1.54) is 24.9 Å². The van der Waals surface area contributed by atoms with Crippen molar-refractivity contribution >= 4 is 50.6 Å². The van der Waals surface area contributed by atoms with Gasteiger partial charge in [0.15, 0.2) is 23.4 Å². The number of aliphatic carboxylic acids is 1. The molecule has 4 rings (SSSR count). The Labute approximate surface area is 256 Å². The highest BCUT2D eigenvalue weighted by atomic mass is 79.9. The Morgan fingerprint density at radius 1 is 1.19 bits per heavy atom. The van der Waals surface area contributed by atoms with Crippen molar-refractivity contribution < 1.29 is 24.1 Å². The van der Waals surface area contributed by atoms with Crippen LogP contribution >= 0.6 is 27.5 Å². The maximum absolute atomic E-state index is 13.8. The van der Waals surface area contributed by atoms with Gasteiger partial charge in [-0.05, 0) is 84.1 Å². The molecular formula is C31H31BrClN3O6. The number of nitrogens with zero attached hydrogens (tertiary/aromatic N) is 3. The van der Waals surface area contributed by atoms with E-state index in [0.717, 1.165) is 22.4 Å². The van der Waals surface area contributed by atoms with Crippen LogP contribution in [0.5, 0.6) is 17.2 Å². The van der Waals surface area contributed by atoms with E-state index >= 15 is 0 Å². The van der Waals surface area contributed by atoms with E-state index < -0.39 is 12.1 Å². The van der Waals surface area contributed by atoms with Crippen molar-refractivity contribution in [2.24, 2.45) is 5.10 Å². The van der Waals surface area contributed by atoms with Gasteiger partial charge in [-0.2, -0.15) is 9.78 Å². The fraction of sp³-hybridized carbons (Fsp3) is 0.290. The van der Waals surface area contributed by atoms with Gasteiger partial charge >= 0.3 is 5.97 Å². The van der Waals surface area contributed by atoms with Crippen LogP contribution in [-0.2, 0) is 4.79 Å². The first-order valence-corrected chi connectivity index (χ1v) is 14.4. The average Bonchev–Trinajstić information content (AvgIpc) is 2.95. The molecule has 0 spiro atoms. The molecule has 0 amide bonds. The number of hydrogen-bond acceptors (Lipinski definition) is 7. The highest BCUT2D eigenvalue weighted by Gasteiger charge is 2.23. The van der Waals surface area contributed by atoms with Crippen molar-refractivity contribution in [1.29, 1.82) is 0 Å². The Morgan fingerprint density at radius 2 is 1.90 bits per heavy atom. The summed E-state index contributed by atoms with van der Waals surface area (Å²) in [5.74, 6) is 0.417. The molecule has 0 aliphatic carbocycles. The molecule has 1 atom stereocenters. The SMILES string of the molecule is CCOc1cc(C)c(-c2nc3ccccc3c(=O)n2N=Cc2cc(OC)c(O[C@H](C)C(=O)O)c(Cl)c2Br)cc1C(C)C. The normalized spacial score (nSPS) is 12.2. The summed E-state index contributed by atoms with van der Waals surface area (Å²) in [7, 11) is 1.41. The number of hydrogen-bond donors (Lipinski definition) is 1. The van der Waals surface area contributed by atoms with Crippen molar-refractivity contribution in [2.45, 2.75) is 46.6 Å². The molecule has 1 N–H and O–H groups in total. The molecule has 11 heteroatoms. The number of aryl methyl sites for hydroxylation is 1. The van der Waals surface area contributed by atoms with Crippen LogP contribution in [0.3, 0.4) is 0 Å². The minimum atomic E-state index is -1.17.